The van der Waals surface area contributed by atoms with Gasteiger partial charge >= 0.3 is 5.97 Å². The van der Waals surface area contributed by atoms with Crippen molar-refractivity contribution in [3.8, 4) is 11.1 Å². The van der Waals surface area contributed by atoms with Crippen LogP contribution >= 0.6 is 0 Å². The van der Waals surface area contributed by atoms with Crippen molar-refractivity contribution in [1.82, 2.24) is 0 Å². The summed E-state index contributed by atoms with van der Waals surface area (Å²) < 4.78 is 5.02. The molecule has 128 valence electrons. The first kappa shape index (κ1) is 17.4. The largest absolute Gasteiger partial charge is 0.454 e. The molecule has 0 spiro atoms. The SMILES string of the molecule is O=C(/C=C\c1ccccc1)OCC(=O)c1ccc(-c2ccccc2)cc1. The fourth-order valence-electron chi connectivity index (χ4n) is 2.48. The molecular formula is C23H18O3. The zero-order valence-electron chi connectivity index (χ0n) is 14.2. The van der Waals surface area contributed by atoms with Crippen LogP contribution in [0, 0.1) is 0 Å². The van der Waals surface area contributed by atoms with Crippen LogP contribution in [-0.2, 0) is 9.53 Å². The van der Waals surface area contributed by atoms with Crippen LogP contribution in [0.4, 0.5) is 0 Å². The minimum absolute atomic E-state index is 0.230. The Labute approximate surface area is 152 Å². The second-order valence-corrected chi connectivity index (χ2v) is 5.72. The highest BCUT2D eigenvalue weighted by Crippen LogP contribution is 2.19. The van der Waals surface area contributed by atoms with Crippen molar-refractivity contribution in [2.45, 2.75) is 0 Å². The van der Waals surface area contributed by atoms with Gasteiger partial charge in [-0.3, -0.25) is 4.79 Å². The number of ketones is 1. The van der Waals surface area contributed by atoms with E-state index in [9.17, 15) is 9.59 Å². The smallest absolute Gasteiger partial charge is 0.331 e. The van der Waals surface area contributed by atoms with Gasteiger partial charge < -0.3 is 4.74 Å². The molecule has 26 heavy (non-hydrogen) atoms. The Balaban J connectivity index is 1.55. The molecule has 0 saturated heterocycles. The normalized spacial score (nSPS) is 10.6. The summed E-state index contributed by atoms with van der Waals surface area (Å²) >= 11 is 0. The monoisotopic (exact) mass is 342 g/mol. The first-order chi connectivity index (χ1) is 12.7. The van der Waals surface area contributed by atoms with Gasteiger partial charge in [0.25, 0.3) is 0 Å². The van der Waals surface area contributed by atoms with E-state index in [1.807, 2.05) is 72.8 Å². The van der Waals surface area contributed by atoms with Gasteiger partial charge in [-0.25, -0.2) is 4.79 Å². The minimum atomic E-state index is -0.539. The molecule has 3 rings (SSSR count). The van der Waals surface area contributed by atoms with Crippen molar-refractivity contribution in [1.29, 1.82) is 0 Å². The lowest BCUT2D eigenvalue weighted by Gasteiger charge is -2.04. The average Bonchev–Trinajstić information content (AvgIpc) is 2.72. The van der Waals surface area contributed by atoms with Crippen molar-refractivity contribution in [3.63, 3.8) is 0 Å². The highest BCUT2D eigenvalue weighted by Gasteiger charge is 2.09. The summed E-state index contributed by atoms with van der Waals surface area (Å²) in [5.74, 6) is -0.769. The molecule has 3 nitrogen and oxygen atoms in total. The Kier molecular flexibility index (Phi) is 5.73. The second kappa shape index (κ2) is 8.58. The molecule has 0 aliphatic carbocycles. The number of rotatable bonds is 6. The van der Waals surface area contributed by atoms with Crippen molar-refractivity contribution in [3.05, 3.63) is 102 Å². The van der Waals surface area contributed by atoms with Crippen molar-refractivity contribution < 1.29 is 14.3 Å². The zero-order valence-corrected chi connectivity index (χ0v) is 14.2. The summed E-state index contributed by atoms with van der Waals surface area (Å²) in [6.45, 7) is -0.275. The van der Waals surface area contributed by atoms with Gasteiger partial charge in [-0.2, -0.15) is 0 Å². The molecule has 0 N–H and O–H groups in total. The Morgan fingerprint density at radius 1 is 0.731 bits per heavy atom. The van der Waals surface area contributed by atoms with Crippen LogP contribution in [0.2, 0.25) is 0 Å². The van der Waals surface area contributed by atoms with Gasteiger partial charge in [-0.05, 0) is 22.8 Å². The highest BCUT2D eigenvalue weighted by atomic mass is 16.5. The van der Waals surface area contributed by atoms with Gasteiger partial charge in [0.15, 0.2) is 12.4 Å². The van der Waals surface area contributed by atoms with E-state index in [0.717, 1.165) is 16.7 Å². The van der Waals surface area contributed by atoms with Crippen molar-refractivity contribution >= 4 is 17.8 Å². The van der Waals surface area contributed by atoms with Crippen LogP contribution in [-0.4, -0.2) is 18.4 Å². The number of Topliss-reactive ketones (excluding diaryl/α,β-unsaturated/α-hetero) is 1. The average molecular weight is 342 g/mol. The number of carbonyl (C=O) groups excluding carboxylic acids is 2. The second-order valence-electron chi connectivity index (χ2n) is 5.72. The van der Waals surface area contributed by atoms with E-state index in [1.165, 1.54) is 6.08 Å². The molecule has 0 saturated carbocycles. The molecule has 0 fully saturated rings. The van der Waals surface area contributed by atoms with E-state index >= 15 is 0 Å². The molecule has 0 bridgehead atoms. The summed E-state index contributed by atoms with van der Waals surface area (Å²) in [6.07, 6.45) is 2.97. The fraction of sp³-hybridized carbons (Fsp3) is 0.0435. The van der Waals surface area contributed by atoms with E-state index in [1.54, 1.807) is 18.2 Å². The van der Waals surface area contributed by atoms with Gasteiger partial charge in [0.1, 0.15) is 0 Å². The molecule has 3 heteroatoms. The lowest BCUT2D eigenvalue weighted by molar-refractivity contribution is -0.136. The highest BCUT2D eigenvalue weighted by molar-refractivity contribution is 5.99. The third-order valence-corrected chi connectivity index (χ3v) is 3.87. The van der Waals surface area contributed by atoms with Gasteiger partial charge in [0, 0.05) is 11.6 Å². The molecule has 0 radical (unpaired) electrons. The molecule has 3 aromatic rings. The van der Waals surface area contributed by atoms with Crippen LogP contribution in [0.25, 0.3) is 17.2 Å². The van der Waals surface area contributed by atoms with E-state index in [4.69, 9.17) is 4.74 Å². The molecule has 0 amide bonds. The van der Waals surface area contributed by atoms with Crippen LogP contribution < -0.4 is 0 Å². The van der Waals surface area contributed by atoms with E-state index < -0.39 is 5.97 Å². The quantitative estimate of drug-likeness (QED) is 0.367. The van der Waals surface area contributed by atoms with E-state index in [0.29, 0.717) is 5.56 Å². The number of esters is 1. The molecule has 0 unspecified atom stereocenters. The molecule has 0 atom stereocenters. The van der Waals surface area contributed by atoms with Crippen LogP contribution in [0.3, 0.4) is 0 Å². The van der Waals surface area contributed by atoms with Crippen molar-refractivity contribution in [2.75, 3.05) is 6.61 Å². The Bertz CT molecular complexity index is 895. The minimum Gasteiger partial charge on any atom is -0.454 e. The molecule has 0 heterocycles. The lowest BCUT2D eigenvalue weighted by Crippen LogP contribution is -2.12. The maximum atomic E-state index is 12.2. The van der Waals surface area contributed by atoms with Gasteiger partial charge in [0.05, 0.1) is 0 Å². The maximum absolute atomic E-state index is 12.2. The maximum Gasteiger partial charge on any atom is 0.331 e. The number of benzene rings is 3. The summed E-state index contributed by atoms with van der Waals surface area (Å²) in [5, 5.41) is 0. The Hall–Kier alpha value is -3.46. The van der Waals surface area contributed by atoms with Crippen LogP contribution in [0.15, 0.2) is 91.0 Å². The zero-order chi connectivity index (χ0) is 18.2. The molecule has 0 aromatic heterocycles. The predicted octanol–water partition coefficient (Wildman–Crippen LogP) is 4.79. The molecule has 0 aliphatic heterocycles. The fourth-order valence-corrected chi connectivity index (χ4v) is 2.48. The van der Waals surface area contributed by atoms with Crippen molar-refractivity contribution in [2.24, 2.45) is 0 Å². The van der Waals surface area contributed by atoms with Gasteiger partial charge in [0.2, 0.25) is 0 Å². The third-order valence-electron chi connectivity index (χ3n) is 3.87. The number of carbonyl (C=O) groups is 2. The number of hydrogen-bond acceptors (Lipinski definition) is 3. The molecular weight excluding hydrogens is 324 g/mol. The van der Waals surface area contributed by atoms with E-state index in [2.05, 4.69) is 0 Å². The summed E-state index contributed by atoms with van der Waals surface area (Å²) in [5.41, 5.74) is 3.53. The molecule has 3 aromatic carbocycles. The topological polar surface area (TPSA) is 43.4 Å². The lowest BCUT2D eigenvalue weighted by atomic mass is 10.0. The van der Waals surface area contributed by atoms with Gasteiger partial charge in [-0.15, -0.1) is 0 Å². The Morgan fingerprint density at radius 3 is 1.96 bits per heavy atom. The summed E-state index contributed by atoms with van der Waals surface area (Å²) in [6, 6.07) is 26.6. The summed E-state index contributed by atoms with van der Waals surface area (Å²) in [4.78, 5) is 23.9. The van der Waals surface area contributed by atoms with Gasteiger partial charge in [-0.1, -0.05) is 84.9 Å². The summed E-state index contributed by atoms with van der Waals surface area (Å²) in [7, 11) is 0. The van der Waals surface area contributed by atoms with E-state index in [-0.39, 0.29) is 12.4 Å². The standard InChI is InChI=1S/C23H18O3/c24-22(17-26-23(25)16-11-18-7-3-1-4-8-18)21-14-12-20(13-15-21)19-9-5-2-6-10-19/h1-16H,17H2/b16-11-. The Morgan fingerprint density at radius 2 is 1.31 bits per heavy atom. The van der Waals surface area contributed by atoms with Crippen LogP contribution in [0.1, 0.15) is 15.9 Å². The first-order valence-electron chi connectivity index (χ1n) is 8.31. The predicted molar refractivity (Wildman–Crippen MR) is 103 cm³/mol. The van der Waals surface area contributed by atoms with Crippen LogP contribution in [0.5, 0.6) is 0 Å². The first-order valence-corrected chi connectivity index (χ1v) is 8.31. The number of ether oxygens (including phenoxy) is 1. The third kappa shape index (κ3) is 4.77. The number of hydrogen-bond donors (Lipinski definition) is 0. The molecule has 0 aliphatic rings.